The minimum Gasteiger partial charge on any atom is -0.452 e. The summed E-state index contributed by atoms with van der Waals surface area (Å²) in [6, 6.07) is 8.32. The second kappa shape index (κ2) is 8.56. The van der Waals surface area contributed by atoms with E-state index in [0.717, 1.165) is 0 Å². The Morgan fingerprint density at radius 1 is 1.05 bits per heavy atom. The molecule has 1 aromatic rings. The molecule has 1 atom stereocenters. The quantitative estimate of drug-likeness (QED) is 0.596. The molecule has 0 aliphatic rings. The summed E-state index contributed by atoms with van der Waals surface area (Å²) in [5.74, 6) is -1.93. The van der Waals surface area contributed by atoms with Crippen LogP contribution < -0.4 is 10.9 Å². The first-order valence-electron chi connectivity index (χ1n) is 6.74. The van der Waals surface area contributed by atoms with Crippen LogP contribution in [-0.2, 0) is 19.1 Å². The number of hydrogen-bond acceptors (Lipinski definition) is 5. The average molecular weight is 306 g/mol. The standard InChI is InChI=1S/C15H18N2O5/c1-10(18)8-9-13(19)22-11(2)14(20)16-17-15(21)12-6-4-3-5-7-12/h3-7,11H,8-9H2,1-2H3,(H,16,20)(H,17,21)/t11-/m0/s1. The normalized spacial score (nSPS) is 11.2. The minimum absolute atomic E-state index is 0.0674. The van der Waals surface area contributed by atoms with Crippen molar-refractivity contribution >= 4 is 23.6 Å². The summed E-state index contributed by atoms with van der Waals surface area (Å²) in [5, 5.41) is 0. The molecule has 1 rings (SSSR count). The van der Waals surface area contributed by atoms with Gasteiger partial charge in [-0.05, 0) is 26.0 Å². The molecule has 0 saturated heterocycles. The maximum Gasteiger partial charge on any atom is 0.307 e. The zero-order chi connectivity index (χ0) is 16.5. The van der Waals surface area contributed by atoms with Gasteiger partial charge in [-0.2, -0.15) is 0 Å². The summed E-state index contributed by atoms with van der Waals surface area (Å²) in [6.45, 7) is 2.73. The number of carbonyl (C=O) groups excluding carboxylic acids is 4. The van der Waals surface area contributed by atoms with Crippen LogP contribution in [0.4, 0.5) is 0 Å². The molecule has 0 unspecified atom stereocenters. The Bertz CT molecular complexity index is 556. The molecule has 7 nitrogen and oxygen atoms in total. The second-order valence-electron chi connectivity index (χ2n) is 4.64. The van der Waals surface area contributed by atoms with Crippen LogP contribution in [0.25, 0.3) is 0 Å². The van der Waals surface area contributed by atoms with Crippen LogP contribution in [0.1, 0.15) is 37.0 Å². The fraction of sp³-hybridized carbons (Fsp3) is 0.333. The highest BCUT2D eigenvalue weighted by molar-refractivity contribution is 5.95. The minimum atomic E-state index is -1.07. The highest BCUT2D eigenvalue weighted by Crippen LogP contribution is 1.99. The van der Waals surface area contributed by atoms with Gasteiger partial charge in [-0.3, -0.25) is 25.2 Å². The molecule has 22 heavy (non-hydrogen) atoms. The van der Waals surface area contributed by atoms with Gasteiger partial charge >= 0.3 is 5.97 Å². The lowest BCUT2D eigenvalue weighted by molar-refractivity contribution is -0.155. The molecule has 0 radical (unpaired) electrons. The molecule has 0 saturated carbocycles. The van der Waals surface area contributed by atoms with Gasteiger partial charge in [0, 0.05) is 12.0 Å². The molecular formula is C15H18N2O5. The molecular weight excluding hydrogens is 288 g/mol. The molecule has 0 heterocycles. The number of rotatable bonds is 6. The Balaban J connectivity index is 2.36. The molecule has 2 amide bonds. The lowest BCUT2D eigenvalue weighted by Crippen LogP contribution is -2.46. The number of ether oxygens (including phenoxy) is 1. The molecule has 0 bridgehead atoms. The zero-order valence-electron chi connectivity index (χ0n) is 12.4. The SMILES string of the molecule is CC(=O)CCC(=O)O[C@@H](C)C(=O)NNC(=O)c1ccccc1. The fourth-order valence-corrected chi connectivity index (χ4v) is 1.47. The van der Waals surface area contributed by atoms with E-state index in [1.54, 1.807) is 30.3 Å². The Morgan fingerprint density at radius 2 is 1.68 bits per heavy atom. The van der Waals surface area contributed by atoms with Crippen molar-refractivity contribution in [2.45, 2.75) is 32.8 Å². The highest BCUT2D eigenvalue weighted by atomic mass is 16.5. The van der Waals surface area contributed by atoms with Gasteiger partial charge < -0.3 is 9.53 Å². The number of hydrogen-bond donors (Lipinski definition) is 2. The summed E-state index contributed by atoms with van der Waals surface area (Å²) in [5.41, 5.74) is 4.77. The first-order chi connectivity index (χ1) is 10.4. The molecule has 0 aliphatic heterocycles. The lowest BCUT2D eigenvalue weighted by Gasteiger charge is -2.13. The van der Waals surface area contributed by atoms with E-state index in [-0.39, 0.29) is 18.6 Å². The van der Waals surface area contributed by atoms with Crippen LogP contribution in [0.2, 0.25) is 0 Å². The van der Waals surface area contributed by atoms with Gasteiger partial charge in [-0.1, -0.05) is 18.2 Å². The molecule has 7 heteroatoms. The molecule has 2 N–H and O–H groups in total. The van der Waals surface area contributed by atoms with Gasteiger partial charge in [0.05, 0.1) is 6.42 Å². The molecule has 0 fully saturated rings. The number of benzene rings is 1. The van der Waals surface area contributed by atoms with Gasteiger partial charge in [-0.15, -0.1) is 0 Å². The van der Waals surface area contributed by atoms with Crippen LogP contribution >= 0.6 is 0 Å². The Labute approximate surface area is 128 Å². The topological polar surface area (TPSA) is 102 Å². The van der Waals surface area contributed by atoms with E-state index in [1.807, 2.05) is 0 Å². The largest absolute Gasteiger partial charge is 0.452 e. The van der Waals surface area contributed by atoms with Gasteiger partial charge in [0.25, 0.3) is 11.8 Å². The third-order valence-electron chi connectivity index (χ3n) is 2.69. The van der Waals surface area contributed by atoms with E-state index in [9.17, 15) is 19.2 Å². The zero-order valence-corrected chi connectivity index (χ0v) is 12.4. The van der Waals surface area contributed by atoms with Crippen LogP contribution in [0, 0.1) is 0 Å². The summed E-state index contributed by atoms with van der Waals surface area (Å²) < 4.78 is 4.85. The number of amides is 2. The second-order valence-corrected chi connectivity index (χ2v) is 4.64. The highest BCUT2D eigenvalue weighted by Gasteiger charge is 2.18. The van der Waals surface area contributed by atoms with Crippen molar-refractivity contribution in [3.63, 3.8) is 0 Å². The Morgan fingerprint density at radius 3 is 2.27 bits per heavy atom. The molecule has 1 aromatic carbocycles. The van der Waals surface area contributed by atoms with Crippen LogP contribution in [-0.4, -0.2) is 29.7 Å². The van der Waals surface area contributed by atoms with Crippen molar-refractivity contribution in [2.75, 3.05) is 0 Å². The van der Waals surface area contributed by atoms with Crippen LogP contribution in [0.5, 0.6) is 0 Å². The van der Waals surface area contributed by atoms with Gasteiger partial charge in [0.2, 0.25) is 0 Å². The van der Waals surface area contributed by atoms with E-state index < -0.39 is 23.9 Å². The summed E-state index contributed by atoms with van der Waals surface area (Å²) >= 11 is 0. The Kier molecular flexibility index (Phi) is 6.75. The van der Waals surface area contributed by atoms with E-state index in [0.29, 0.717) is 5.56 Å². The van der Waals surface area contributed by atoms with Gasteiger partial charge in [-0.25, -0.2) is 0 Å². The smallest absolute Gasteiger partial charge is 0.307 e. The number of carbonyl (C=O) groups is 4. The predicted octanol–water partition coefficient (Wildman–Crippen LogP) is 0.749. The summed E-state index contributed by atoms with van der Waals surface area (Å²) in [4.78, 5) is 45.5. The van der Waals surface area contributed by atoms with Crippen molar-refractivity contribution in [3.8, 4) is 0 Å². The molecule has 0 aromatic heterocycles. The first-order valence-corrected chi connectivity index (χ1v) is 6.74. The Hall–Kier alpha value is -2.70. The maximum absolute atomic E-state index is 11.7. The van der Waals surface area contributed by atoms with Gasteiger partial charge in [0.1, 0.15) is 5.78 Å². The van der Waals surface area contributed by atoms with Crippen molar-refractivity contribution in [2.24, 2.45) is 0 Å². The number of Topliss-reactive ketones (excluding diaryl/α,β-unsaturated/α-hetero) is 1. The summed E-state index contributed by atoms with van der Waals surface area (Å²) in [6.07, 6.45) is -1.09. The van der Waals surface area contributed by atoms with E-state index in [1.165, 1.54) is 13.8 Å². The predicted molar refractivity (Wildman–Crippen MR) is 77.5 cm³/mol. The van der Waals surface area contributed by atoms with E-state index in [2.05, 4.69) is 10.9 Å². The van der Waals surface area contributed by atoms with Crippen LogP contribution in [0.15, 0.2) is 30.3 Å². The lowest BCUT2D eigenvalue weighted by atomic mass is 10.2. The monoisotopic (exact) mass is 306 g/mol. The number of hydrazine groups is 1. The fourth-order valence-electron chi connectivity index (χ4n) is 1.47. The third-order valence-corrected chi connectivity index (χ3v) is 2.69. The average Bonchev–Trinajstić information content (AvgIpc) is 2.51. The van der Waals surface area contributed by atoms with Crippen molar-refractivity contribution < 1.29 is 23.9 Å². The summed E-state index contributed by atoms with van der Waals surface area (Å²) in [7, 11) is 0. The molecule has 0 aliphatic carbocycles. The van der Waals surface area contributed by atoms with Crippen LogP contribution in [0.3, 0.4) is 0 Å². The first kappa shape index (κ1) is 17.4. The third kappa shape index (κ3) is 6.17. The van der Waals surface area contributed by atoms with Crippen molar-refractivity contribution in [1.82, 2.24) is 10.9 Å². The maximum atomic E-state index is 11.7. The number of nitrogens with one attached hydrogen (secondary N) is 2. The van der Waals surface area contributed by atoms with E-state index in [4.69, 9.17) is 4.74 Å². The number of esters is 1. The van der Waals surface area contributed by atoms with Crippen molar-refractivity contribution in [3.05, 3.63) is 35.9 Å². The van der Waals surface area contributed by atoms with E-state index >= 15 is 0 Å². The van der Waals surface area contributed by atoms with Gasteiger partial charge in [0.15, 0.2) is 6.10 Å². The van der Waals surface area contributed by atoms with Crippen molar-refractivity contribution in [1.29, 1.82) is 0 Å². The number of ketones is 1. The molecule has 118 valence electrons. The molecule has 0 spiro atoms.